The second kappa shape index (κ2) is 8.10. The van der Waals surface area contributed by atoms with Gasteiger partial charge in [-0.3, -0.25) is 4.98 Å². The molecule has 1 atom stereocenters. The Labute approximate surface area is 177 Å². The van der Waals surface area contributed by atoms with Crippen LogP contribution in [0.3, 0.4) is 0 Å². The van der Waals surface area contributed by atoms with Crippen LogP contribution in [0.1, 0.15) is 11.6 Å². The van der Waals surface area contributed by atoms with E-state index in [-0.39, 0.29) is 12.6 Å². The van der Waals surface area contributed by atoms with Gasteiger partial charge in [-0.25, -0.2) is 4.98 Å². The average Bonchev–Trinajstić information content (AvgIpc) is 3.20. The molecular formula is C24H19N3O2S. The lowest BCUT2D eigenvalue weighted by Crippen LogP contribution is -2.14. The van der Waals surface area contributed by atoms with Gasteiger partial charge in [0.15, 0.2) is 5.13 Å². The van der Waals surface area contributed by atoms with Crippen molar-refractivity contribution in [1.29, 1.82) is 0 Å². The quantitative estimate of drug-likeness (QED) is 0.369. The van der Waals surface area contributed by atoms with Gasteiger partial charge in [0.05, 0.1) is 28.4 Å². The largest absolute Gasteiger partial charge is 0.457 e. The Morgan fingerprint density at radius 2 is 1.77 bits per heavy atom. The second-order valence-corrected chi connectivity index (χ2v) is 7.90. The van der Waals surface area contributed by atoms with Gasteiger partial charge in [-0.2, -0.15) is 0 Å². The summed E-state index contributed by atoms with van der Waals surface area (Å²) < 4.78 is 7.17. The normalized spacial score (nSPS) is 12.2. The SMILES string of the molecule is OC[C@@H](Nc1nc2ccc(Oc3ccnc4ccccc34)cc2s1)c1ccccc1. The summed E-state index contributed by atoms with van der Waals surface area (Å²) in [7, 11) is 0. The molecule has 2 aromatic heterocycles. The number of thiazole rings is 1. The van der Waals surface area contributed by atoms with E-state index in [1.807, 2.05) is 78.9 Å². The van der Waals surface area contributed by atoms with Crippen molar-refractivity contribution in [2.75, 3.05) is 11.9 Å². The summed E-state index contributed by atoms with van der Waals surface area (Å²) >= 11 is 1.54. The summed E-state index contributed by atoms with van der Waals surface area (Å²) in [6.45, 7) is -0.0105. The number of ether oxygens (including phenoxy) is 1. The number of pyridine rings is 1. The Bertz CT molecular complexity index is 1300. The van der Waals surface area contributed by atoms with Gasteiger partial charge in [-0.05, 0) is 35.9 Å². The van der Waals surface area contributed by atoms with Gasteiger partial charge < -0.3 is 15.2 Å². The second-order valence-electron chi connectivity index (χ2n) is 6.87. The third kappa shape index (κ3) is 3.70. The number of aromatic nitrogens is 2. The van der Waals surface area contributed by atoms with Gasteiger partial charge in [-0.15, -0.1) is 0 Å². The molecule has 0 saturated heterocycles. The van der Waals surface area contributed by atoms with E-state index >= 15 is 0 Å². The highest BCUT2D eigenvalue weighted by Crippen LogP contribution is 2.34. The number of nitrogens with one attached hydrogen (secondary N) is 1. The number of nitrogens with zero attached hydrogens (tertiary/aromatic N) is 2. The zero-order valence-electron chi connectivity index (χ0n) is 16.0. The molecule has 2 heterocycles. The maximum atomic E-state index is 9.80. The Kier molecular flexibility index (Phi) is 5.01. The molecule has 3 aromatic carbocycles. The number of hydrogen-bond acceptors (Lipinski definition) is 6. The van der Waals surface area contributed by atoms with E-state index < -0.39 is 0 Å². The number of fused-ring (bicyclic) bond motifs is 2. The molecule has 0 bridgehead atoms. The number of rotatable bonds is 6. The smallest absolute Gasteiger partial charge is 0.184 e. The van der Waals surface area contributed by atoms with Crippen LogP contribution < -0.4 is 10.1 Å². The molecule has 5 nitrogen and oxygen atoms in total. The molecule has 5 rings (SSSR count). The van der Waals surface area contributed by atoms with Crippen LogP contribution in [-0.4, -0.2) is 21.7 Å². The molecule has 0 fully saturated rings. The van der Waals surface area contributed by atoms with Gasteiger partial charge in [0, 0.05) is 17.6 Å². The minimum atomic E-state index is -0.203. The molecule has 148 valence electrons. The summed E-state index contributed by atoms with van der Waals surface area (Å²) in [5, 5.41) is 14.9. The molecule has 0 aliphatic heterocycles. The van der Waals surface area contributed by atoms with Crippen molar-refractivity contribution in [3.05, 3.63) is 90.6 Å². The first kappa shape index (κ1) is 18.5. The monoisotopic (exact) mass is 413 g/mol. The van der Waals surface area contributed by atoms with Gasteiger partial charge in [0.1, 0.15) is 11.5 Å². The molecule has 0 radical (unpaired) electrons. The summed E-state index contributed by atoms with van der Waals surface area (Å²) in [4.78, 5) is 9.04. The standard InChI is InChI=1S/C24H19N3O2S/c28-15-21(16-6-2-1-3-7-16)27-24-26-20-11-10-17(14-23(20)30-24)29-22-12-13-25-19-9-5-4-8-18(19)22/h1-14,21,28H,15H2,(H,26,27)/t21-/m1/s1. The van der Waals surface area contributed by atoms with Crippen LogP contribution >= 0.6 is 11.3 Å². The Morgan fingerprint density at radius 1 is 0.933 bits per heavy atom. The maximum Gasteiger partial charge on any atom is 0.184 e. The third-order valence-electron chi connectivity index (χ3n) is 4.88. The van der Waals surface area contributed by atoms with Crippen molar-refractivity contribution in [2.24, 2.45) is 0 Å². The molecule has 0 aliphatic rings. The number of aliphatic hydroxyl groups is 1. The van der Waals surface area contributed by atoms with E-state index in [9.17, 15) is 5.11 Å². The fourth-order valence-electron chi connectivity index (χ4n) is 3.38. The predicted octanol–water partition coefficient (Wildman–Crippen LogP) is 5.78. The lowest BCUT2D eigenvalue weighted by Gasteiger charge is -2.15. The number of anilines is 1. The fraction of sp³-hybridized carbons (Fsp3) is 0.0833. The molecule has 0 spiro atoms. The first-order chi connectivity index (χ1) is 14.8. The van der Waals surface area contributed by atoms with Crippen molar-refractivity contribution < 1.29 is 9.84 Å². The Hall–Kier alpha value is -3.48. The molecule has 2 N–H and O–H groups in total. The maximum absolute atomic E-state index is 9.80. The van der Waals surface area contributed by atoms with Gasteiger partial charge in [0.25, 0.3) is 0 Å². The van der Waals surface area contributed by atoms with Crippen molar-refractivity contribution >= 4 is 37.6 Å². The minimum Gasteiger partial charge on any atom is -0.457 e. The van der Waals surface area contributed by atoms with Crippen molar-refractivity contribution in [3.63, 3.8) is 0 Å². The van der Waals surface area contributed by atoms with Crippen molar-refractivity contribution in [3.8, 4) is 11.5 Å². The molecule has 6 heteroatoms. The van der Waals surface area contributed by atoms with E-state index in [0.717, 1.165) is 43.3 Å². The lowest BCUT2D eigenvalue weighted by atomic mass is 10.1. The number of benzene rings is 3. The fourth-order valence-corrected chi connectivity index (χ4v) is 4.33. The summed E-state index contributed by atoms with van der Waals surface area (Å²) in [6, 6.07) is 25.3. The van der Waals surface area contributed by atoms with E-state index in [4.69, 9.17) is 4.74 Å². The first-order valence-corrected chi connectivity index (χ1v) is 10.5. The number of hydrogen-bond donors (Lipinski definition) is 2. The van der Waals surface area contributed by atoms with Crippen molar-refractivity contribution in [1.82, 2.24) is 9.97 Å². The number of para-hydroxylation sites is 1. The van der Waals surface area contributed by atoms with Crippen LogP contribution in [0.2, 0.25) is 0 Å². The predicted molar refractivity (Wildman–Crippen MR) is 121 cm³/mol. The van der Waals surface area contributed by atoms with Gasteiger partial charge in [-0.1, -0.05) is 53.8 Å². The Morgan fingerprint density at radius 3 is 2.63 bits per heavy atom. The molecule has 0 amide bonds. The zero-order valence-corrected chi connectivity index (χ0v) is 16.8. The van der Waals surface area contributed by atoms with Crippen molar-refractivity contribution in [2.45, 2.75) is 6.04 Å². The molecule has 30 heavy (non-hydrogen) atoms. The number of aliphatic hydroxyl groups excluding tert-OH is 1. The van der Waals surface area contributed by atoms with Crippen LogP contribution in [-0.2, 0) is 0 Å². The molecule has 5 aromatic rings. The van der Waals surface area contributed by atoms with E-state index in [1.54, 1.807) is 6.20 Å². The Balaban J connectivity index is 1.41. The van der Waals surface area contributed by atoms with Gasteiger partial charge in [0.2, 0.25) is 0 Å². The molecule has 0 saturated carbocycles. The van der Waals surface area contributed by atoms with Crippen LogP contribution in [0, 0.1) is 0 Å². The molecular weight excluding hydrogens is 394 g/mol. The highest BCUT2D eigenvalue weighted by molar-refractivity contribution is 7.22. The average molecular weight is 414 g/mol. The molecule has 0 unspecified atom stereocenters. The van der Waals surface area contributed by atoms with E-state index in [1.165, 1.54) is 11.3 Å². The third-order valence-corrected chi connectivity index (χ3v) is 5.83. The van der Waals surface area contributed by atoms with Crippen LogP contribution in [0.15, 0.2) is 85.1 Å². The highest BCUT2D eigenvalue weighted by atomic mass is 32.1. The van der Waals surface area contributed by atoms with Crippen LogP contribution in [0.25, 0.3) is 21.1 Å². The highest BCUT2D eigenvalue weighted by Gasteiger charge is 2.13. The first-order valence-electron chi connectivity index (χ1n) is 9.65. The zero-order chi connectivity index (χ0) is 20.3. The van der Waals surface area contributed by atoms with Crippen LogP contribution in [0.5, 0.6) is 11.5 Å². The van der Waals surface area contributed by atoms with E-state index in [2.05, 4.69) is 15.3 Å². The summed E-state index contributed by atoms with van der Waals surface area (Å²) in [5.41, 5.74) is 2.81. The summed E-state index contributed by atoms with van der Waals surface area (Å²) in [5.74, 6) is 1.52. The molecule has 0 aliphatic carbocycles. The summed E-state index contributed by atoms with van der Waals surface area (Å²) in [6.07, 6.45) is 1.75. The van der Waals surface area contributed by atoms with E-state index in [0.29, 0.717) is 0 Å². The lowest BCUT2D eigenvalue weighted by molar-refractivity contribution is 0.276. The topological polar surface area (TPSA) is 67.3 Å². The van der Waals surface area contributed by atoms with Crippen LogP contribution in [0.4, 0.5) is 5.13 Å². The minimum absolute atomic E-state index is 0.0105. The van der Waals surface area contributed by atoms with Gasteiger partial charge >= 0.3 is 0 Å².